The van der Waals surface area contributed by atoms with Gasteiger partial charge in [-0.3, -0.25) is 4.79 Å². The summed E-state index contributed by atoms with van der Waals surface area (Å²) in [5.41, 5.74) is 2.81. The lowest BCUT2D eigenvalue weighted by atomic mass is 9.48. The van der Waals surface area contributed by atoms with Crippen LogP contribution in [0, 0.1) is 46.3 Å². The number of carbonyl (C=O) groups excluding carboxylic acids is 1. The summed E-state index contributed by atoms with van der Waals surface area (Å²) in [6.07, 6.45) is 15.5. The van der Waals surface area contributed by atoms with Crippen molar-refractivity contribution in [2.45, 2.75) is 91.9 Å². The highest BCUT2D eigenvalue weighted by Crippen LogP contribution is 2.66. The van der Waals surface area contributed by atoms with Crippen LogP contribution in [-0.4, -0.2) is 13.1 Å². The number of esters is 1. The largest absolute Gasteiger partial charge is 0.469 e. The first-order chi connectivity index (χ1) is 13.3. The van der Waals surface area contributed by atoms with Gasteiger partial charge in [0.2, 0.25) is 0 Å². The highest BCUT2D eigenvalue weighted by molar-refractivity contribution is 5.69. The Labute approximate surface area is 172 Å². The fraction of sp³-hybridized carbons (Fsp3) is 0.885. The molecule has 0 aromatic carbocycles. The van der Waals surface area contributed by atoms with Gasteiger partial charge in [-0.25, -0.2) is 0 Å². The lowest BCUT2D eigenvalue weighted by Crippen LogP contribution is -2.48. The average Bonchev–Trinajstić information content (AvgIpc) is 3.03. The zero-order valence-electron chi connectivity index (χ0n) is 18.9. The van der Waals surface area contributed by atoms with Gasteiger partial charge < -0.3 is 4.74 Å². The molecule has 4 aliphatic carbocycles. The summed E-state index contributed by atoms with van der Waals surface area (Å²) < 4.78 is 4.89. The van der Waals surface area contributed by atoms with E-state index in [4.69, 9.17) is 4.74 Å². The van der Waals surface area contributed by atoms with E-state index in [2.05, 4.69) is 33.8 Å². The third-order valence-electron chi connectivity index (χ3n) is 10.1. The van der Waals surface area contributed by atoms with Crippen molar-refractivity contribution in [3.63, 3.8) is 0 Å². The van der Waals surface area contributed by atoms with E-state index in [1.165, 1.54) is 58.5 Å². The number of ether oxygens (including phenoxy) is 1. The standard InChI is InChI=1S/C26H42O2/c1-17-12-14-25(3)19(16-17)7-8-20-22-10-9-21(18(2)6-11-24(27)28-5)26(22,4)15-13-23(20)25/h13,17-22H,6-12,14-16H2,1-5H3/t17-,18-,19-,20?,21?,22?,25+,26-/m1/s1. The molecule has 4 rings (SSSR count). The van der Waals surface area contributed by atoms with E-state index >= 15 is 0 Å². The summed E-state index contributed by atoms with van der Waals surface area (Å²) in [5, 5.41) is 0. The molecule has 0 aromatic heterocycles. The van der Waals surface area contributed by atoms with Gasteiger partial charge in [-0.15, -0.1) is 0 Å². The maximum Gasteiger partial charge on any atom is 0.305 e. The Kier molecular flexibility index (Phi) is 5.47. The van der Waals surface area contributed by atoms with Gasteiger partial charge in [0.15, 0.2) is 0 Å². The summed E-state index contributed by atoms with van der Waals surface area (Å²) in [6.45, 7) is 10.1. The number of carbonyl (C=O) groups is 1. The minimum absolute atomic E-state index is 0.0462. The Hall–Kier alpha value is -0.790. The number of hydrogen-bond acceptors (Lipinski definition) is 2. The lowest BCUT2D eigenvalue weighted by molar-refractivity contribution is -0.141. The van der Waals surface area contributed by atoms with E-state index in [1.807, 2.05) is 5.57 Å². The van der Waals surface area contributed by atoms with Crippen LogP contribution in [0.25, 0.3) is 0 Å². The molecule has 0 saturated heterocycles. The van der Waals surface area contributed by atoms with Crippen molar-refractivity contribution < 1.29 is 9.53 Å². The molecular formula is C26H42O2. The highest BCUT2D eigenvalue weighted by atomic mass is 16.5. The fourth-order valence-electron chi connectivity index (χ4n) is 8.36. The van der Waals surface area contributed by atoms with E-state index in [0.717, 1.165) is 36.0 Å². The zero-order valence-corrected chi connectivity index (χ0v) is 18.9. The maximum atomic E-state index is 11.6. The van der Waals surface area contributed by atoms with Gasteiger partial charge in [0.25, 0.3) is 0 Å². The van der Waals surface area contributed by atoms with Gasteiger partial charge in [0.05, 0.1) is 7.11 Å². The van der Waals surface area contributed by atoms with Crippen LogP contribution in [-0.2, 0) is 9.53 Å². The van der Waals surface area contributed by atoms with Crippen LogP contribution in [0.15, 0.2) is 11.6 Å². The minimum Gasteiger partial charge on any atom is -0.469 e. The molecule has 0 aliphatic heterocycles. The number of allylic oxidation sites excluding steroid dienone is 2. The van der Waals surface area contributed by atoms with Crippen LogP contribution in [0.5, 0.6) is 0 Å². The van der Waals surface area contributed by atoms with Crippen molar-refractivity contribution in [1.82, 2.24) is 0 Å². The Morgan fingerprint density at radius 3 is 2.75 bits per heavy atom. The van der Waals surface area contributed by atoms with E-state index in [0.29, 0.717) is 23.2 Å². The summed E-state index contributed by atoms with van der Waals surface area (Å²) in [7, 11) is 1.51. The molecule has 28 heavy (non-hydrogen) atoms. The van der Waals surface area contributed by atoms with E-state index in [-0.39, 0.29) is 5.97 Å². The molecule has 0 spiro atoms. The number of hydrogen-bond donors (Lipinski definition) is 0. The minimum atomic E-state index is -0.0462. The van der Waals surface area contributed by atoms with Crippen molar-refractivity contribution in [2.75, 3.05) is 7.11 Å². The third kappa shape index (κ3) is 3.18. The first-order valence-corrected chi connectivity index (χ1v) is 12.1. The molecule has 3 fully saturated rings. The maximum absolute atomic E-state index is 11.6. The Balaban J connectivity index is 1.53. The second-order valence-corrected chi connectivity index (χ2v) is 11.4. The Bertz CT molecular complexity index is 636. The normalized spacial score (nSPS) is 46.0. The predicted molar refractivity (Wildman–Crippen MR) is 115 cm³/mol. The highest BCUT2D eigenvalue weighted by Gasteiger charge is 2.57. The first kappa shape index (κ1) is 20.5. The first-order valence-electron chi connectivity index (χ1n) is 12.1. The van der Waals surface area contributed by atoms with E-state index in [9.17, 15) is 4.79 Å². The van der Waals surface area contributed by atoms with E-state index in [1.54, 1.807) is 0 Å². The van der Waals surface area contributed by atoms with Gasteiger partial charge in [0.1, 0.15) is 0 Å². The smallest absolute Gasteiger partial charge is 0.305 e. The van der Waals surface area contributed by atoms with Crippen molar-refractivity contribution in [3.8, 4) is 0 Å². The molecule has 0 amide bonds. The average molecular weight is 387 g/mol. The van der Waals surface area contributed by atoms with Crippen molar-refractivity contribution in [3.05, 3.63) is 11.6 Å². The van der Waals surface area contributed by atoms with Gasteiger partial charge in [-0.05, 0) is 104 Å². The molecule has 0 N–H and O–H groups in total. The molecule has 3 unspecified atom stereocenters. The molecule has 158 valence electrons. The molecule has 4 aliphatic rings. The number of rotatable bonds is 4. The molecule has 0 aromatic rings. The van der Waals surface area contributed by atoms with Crippen molar-refractivity contribution in [2.24, 2.45) is 46.3 Å². The van der Waals surface area contributed by atoms with Crippen LogP contribution >= 0.6 is 0 Å². The van der Waals surface area contributed by atoms with Crippen LogP contribution in [0.1, 0.15) is 91.9 Å². The second kappa shape index (κ2) is 7.47. The predicted octanol–water partition coefficient (Wildman–Crippen LogP) is 6.79. The fourth-order valence-corrected chi connectivity index (χ4v) is 8.36. The molecule has 0 bridgehead atoms. The lowest BCUT2D eigenvalue weighted by Gasteiger charge is -2.57. The molecule has 2 nitrogen and oxygen atoms in total. The quantitative estimate of drug-likeness (QED) is 0.393. The van der Waals surface area contributed by atoms with E-state index < -0.39 is 0 Å². The molecule has 0 radical (unpaired) electrons. The summed E-state index contributed by atoms with van der Waals surface area (Å²) in [5.74, 6) is 4.90. The molecule has 3 saturated carbocycles. The number of methoxy groups -OCH3 is 1. The molecular weight excluding hydrogens is 344 g/mol. The van der Waals surface area contributed by atoms with Gasteiger partial charge >= 0.3 is 5.97 Å². The SMILES string of the molecule is COC(=O)CC[C@@H](C)C1CCC2C3CC[C@@H]4C[C@H](C)CC[C@]4(C)C3=CC[C@@]21C. The third-order valence-corrected chi connectivity index (χ3v) is 10.1. The van der Waals surface area contributed by atoms with Crippen molar-refractivity contribution >= 4 is 5.97 Å². The zero-order chi connectivity index (χ0) is 20.1. The van der Waals surface area contributed by atoms with Gasteiger partial charge in [-0.1, -0.05) is 39.3 Å². The summed E-state index contributed by atoms with van der Waals surface area (Å²) >= 11 is 0. The Morgan fingerprint density at radius 1 is 1.21 bits per heavy atom. The monoisotopic (exact) mass is 386 g/mol. The van der Waals surface area contributed by atoms with Gasteiger partial charge in [0, 0.05) is 6.42 Å². The topological polar surface area (TPSA) is 26.3 Å². The van der Waals surface area contributed by atoms with Crippen LogP contribution < -0.4 is 0 Å². The summed E-state index contributed by atoms with van der Waals surface area (Å²) in [4.78, 5) is 11.6. The van der Waals surface area contributed by atoms with Crippen LogP contribution in [0.2, 0.25) is 0 Å². The van der Waals surface area contributed by atoms with Crippen LogP contribution in [0.3, 0.4) is 0 Å². The van der Waals surface area contributed by atoms with Gasteiger partial charge in [-0.2, -0.15) is 0 Å². The second-order valence-electron chi connectivity index (χ2n) is 11.4. The number of fused-ring (bicyclic) bond motifs is 5. The van der Waals surface area contributed by atoms with Crippen molar-refractivity contribution in [1.29, 1.82) is 0 Å². The molecule has 8 atom stereocenters. The summed E-state index contributed by atoms with van der Waals surface area (Å²) in [6, 6.07) is 0. The molecule has 2 heteroatoms. The molecule has 0 heterocycles. The Morgan fingerprint density at radius 2 is 2.00 bits per heavy atom. The van der Waals surface area contributed by atoms with Crippen LogP contribution in [0.4, 0.5) is 0 Å².